The maximum atomic E-state index is 8.67. The lowest BCUT2D eigenvalue weighted by Crippen LogP contribution is -2.06. The third-order valence-corrected chi connectivity index (χ3v) is 2.41. The van der Waals surface area contributed by atoms with Crippen molar-refractivity contribution >= 4 is 15.9 Å². The van der Waals surface area contributed by atoms with Crippen LogP contribution in [-0.2, 0) is 0 Å². The second kappa shape index (κ2) is 4.22. The van der Waals surface area contributed by atoms with E-state index in [-0.39, 0.29) is 6.04 Å². The Balaban J connectivity index is 3.11. The smallest absolute Gasteiger partial charge is 0.100 e. The summed E-state index contributed by atoms with van der Waals surface area (Å²) in [6.45, 7) is 3.60. The fourth-order valence-corrected chi connectivity index (χ4v) is 1.45. The quantitative estimate of drug-likeness (QED) is 0.803. The molecule has 0 saturated carbocycles. The van der Waals surface area contributed by atoms with Gasteiger partial charge in [-0.15, -0.1) is 6.58 Å². The van der Waals surface area contributed by atoms with E-state index in [4.69, 9.17) is 11.0 Å². The molecule has 0 aliphatic heterocycles. The zero-order valence-electron chi connectivity index (χ0n) is 7.00. The Kier molecular flexibility index (Phi) is 3.24. The highest BCUT2D eigenvalue weighted by atomic mass is 79.9. The SMILES string of the molecule is C=C[C@@H](N)c1ccc(C#N)c(Br)c1. The third kappa shape index (κ3) is 2.18. The molecule has 1 aromatic rings. The Morgan fingerprint density at radius 3 is 2.77 bits per heavy atom. The molecule has 0 aromatic heterocycles. The fraction of sp³-hybridized carbons (Fsp3) is 0.100. The van der Waals surface area contributed by atoms with Gasteiger partial charge in [-0.25, -0.2) is 0 Å². The Morgan fingerprint density at radius 1 is 1.62 bits per heavy atom. The van der Waals surface area contributed by atoms with E-state index in [0.29, 0.717) is 5.56 Å². The Labute approximate surface area is 85.8 Å². The zero-order chi connectivity index (χ0) is 9.84. The second-order valence-electron chi connectivity index (χ2n) is 2.61. The van der Waals surface area contributed by atoms with Gasteiger partial charge in [-0.2, -0.15) is 5.26 Å². The van der Waals surface area contributed by atoms with Crippen LogP contribution in [0.25, 0.3) is 0 Å². The van der Waals surface area contributed by atoms with Crippen LogP contribution in [0.5, 0.6) is 0 Å². The number of benzene rings is 1. The summed E-state index contributed by atoms with van der Waals surface area (Å²) in [6, 6.07) is 7.30. The van der Waals surface area contributed by atoms with Crippen LogP contribution in [0.2, 0.25) is 0 Å². The first-order valence-corrected chi connectivity index (χ1v) is 4.56. The van der Waals surface area contributed by atoms with Gasteiger partial charge < -0.3 is 5.73 Å². The van der Waals surface area contributed by atoms with Crippen LogP contribution in [0.4, 0.5) is 0 Å². The van der Waals surface area contributed by atoms with Gasteiger partial charge in [0.05, 0.1) is 5.56 Å². The highest BCUT2D eigenvalue weighted by molar-refractivity contribution is 9.10. The molecule has 2 N–H and O–H groups in total. The Morgan fingerprint density at radius 2 is 2.31 bits per heavy atom. The van der Waals surface area contributed by atoms with Crippen molar-refractivity contribution in [3.8, 4) is 6.07 Å². The first kappa shape index (κ1) is 9.97. The molecule has 1 rings (SSSR count). The average molecular weight is 237 g/mol. The molecule has 0 aliphatic rings. The molecule has 13 heavy (non-hydrogen) atoms. The minimum absolute atomic E-state index is 0.177. The lowest BCUT2D eigenvalue weighted by Gasteiger charge is -2.06. The molecule has 0 spiro atoms. The molecule has 0 aliphatic carbocycles. The highest BCUT2D eigenvalue weighted by Crippen LogP contribution is 2.21. The molecule has 1 atom stereocenters. The summed E-state index contributed by atoms with van der Waals surface area (Å²) in [4.78, 5) is 0. The molecule has 0 fully saturated rings. The van der Waals surface area contributed by atoms with Gasteiger partial charge in [-0.3, -0.25) is 0 Å². The zero-order valence-corrected chi connectivity index (χ0v) is 8.58. The molecule has 0 radical (unpaired) electrons. The number of hydrogen-bond donors (Lipinski definition) is 1. The van der Waals surface area contributed by atoms with E-state index in [2.05, 4.69) is 28.6 Å². The van der Waals surface area contributed by atoms with Crippen molar-refractivity contribution in [1.82, 2.24) is 0 Å². The van der Waals surface area contributed by atoms with Gasteiger partial charge in [0, 0.05) is 10.5 Å². The fourth-order valence-electron chi connectivity index (χ4n) is 0.965. The molecule has 0 unspecified atom stereocenters. The van der Waals surface area contributed by atoms with Crippen LogP contribution < -0.4 is 5.73 Å². The summed E-state index contributed by atoms with van der Waals surface area (Å²) >= 11 is 3.29. The van der Waals surface area contributed by atoms with Gasteiger partial charge in [0.2, 0.25) is 0 Å². The summed E-state index contributed by atoms with van der Waals surface area (Å²) < 4.78 is 0.768. The first-order chi connectivity index (χ1) is 6.19. The molecule has 3 heteroatoms. The third-order valence-electron chi connectivity index (χ3n) is 1.75. The normalized spacial score (nSPS) is 11.8. The largest absolute Gasteiger partial charge is 0.321 e. The van der Waals surface area contributed by atoms with Crippen LogP contribution >= 0.6 is 15.9 Å². The summed E-state index contributed by atoms with van der Waals surface area (Å²) in [6.07, 6.45) is 1.66. The van der Waals surface area contributed by atoms with Gasteiger partial charge in [0.25, 0.3) is 0 Å². The molecule has 0 amide bonds. The van der Waals surface area contributed by atoms with Crippen molar-refractivity contribution in [2.24, 2.45) is 5.73 Å². The maximum absolute atomic E-state index is 8.67. The predicted molar refractivity (Wildman–Crippen MR) is 56.0 cm³/mol. The van der Waals surface area contributed by atoms with Gasteiger partial charge in [0.15, 0.2) is 0 Å². The van der Waals surface area contributed by atoms with E-state index in [1.165, 1.54) is 0 Å². The number of rotatable bonds is 2. The number of halogens is 1. The van der Waals surface area contributed by atoms with Crippen molar-refractivity contribution in [2.45, 2.75) is 6.04 Å². The van der Waals surface area contributed by atoms with Crippen molar-refractivity contribution in [3.05, 3.63) is 46.5 Å². The lowest BCUT2D eigenvalue weighted by atomic mass is 10.1. The molecule has 1 aromatic carbocycles. The highest BCUT2D eigenvalue weighted by Gasteiger charge is 2.04. The van der Waals surface area contributed by atoms with Gasteiger partial charge in [0.1, 0.15) is 6.07 Å². The van der Waals surface area contributed by atoms with Gasteiger partial charge >= 0.3 is 0 Å². The molecule has 0 heterocycles. The standard InChI is InChI=1S/C10H9BrN2/c1-2-10(13)7-3-4-8(6-12)9(11)5-7/h2-5,10H,1,13H2/t10-/m1/s1. The number of nitriles is 1. The van der Waals surface area contributed by atoms with Gasteiger partial charge in [-0.1, -0.05) is 12.1 Å². The summed E-state index contributed by atoms with van der Waals surface area (Å²) in [5.74, 6) is 0. The molecular weight excluding hydrogens is 228 g/mol. The summed E-state index contributed by atoms with van der Waals surface area (Å²) in [5.41, 5.74) is 7.29. The van der Waals surface area contributed by atoms with Crippen LogP contribution in [0.15, 0.2) is 35.3 Å². The number of nitrogens with zero attached hydrogens (tertiary/aromatic N) is 1. The van der Waals surface area contributed by atoms with Crippen LogP contribution in [0, 0.1) is 11.3 Å². The van der Waals surface area contributed by atoms with Gasteiger partial charge in [-0.05, 0) is 33.6 Å². The monoisotopic (exact) mass is 236 g/mol. The van der Waals surface area contributed by atoms with Crippen molar-refractivity contribution in [1.29, 1.82) is 5.26 Å². The van der Waals surface area contributed by atoms with Crippen molar-refractivity contribution < 1.29 is 0 Å². The maximum Gasteiger partial charge on any atom is 0.100 e. The lowest BCUT2D eigenvalue weighted by molar-refractivity contribution is 0.913. The topological polar surface area (TPSA) is 49.8 Å². The van der Waals surface area contributed by atoms with E-state index < -0.39 is 0 Å². The van der Waals surface area contributed by atoms with Crippen molar-refractivity contribution in [3.63, 3.8) is 0 Å². The first-order valence-electron chi connectivity index (χ1n) is 3.76. The Bertz CT molecular complexity index is 366. The number of hydrogen-bond acceptors (Lipinski definition) is 2. The minimum Gasteiger partial charge on any atom is -0.321 e. The Hall–Kier alpha value is -1.11. The molecule has 2 nitrogen and oxygen atoms in total. The van der Waals surface area contributed by atoms with E-state index in [0.717, 1.165) is 10.0 Å². The molecule has 66 valence electrons. The minimum atomic E-state index is -0.177. The molecule has 0 saturated heterocycles. The molecular formula is C10H9BrN2. The summed E-state index contributed by atoms with van der Waals surface area (Å²) in [7, 11) is 0. The van der Waals surface area contributed by atoms with E-state index in [1.54, 1.807) is 12.1 Å². The van der Waals surface area contributed by atoms with E-state index in [1.807, 2.05) is 12.1 Å². The predicted octanol–water partition coefficient (Wildman–Crippen LogP) is 2.51. The second-order valence-corrected chi connectivity index (χ2v) is 3.47. The van der Waals surface area contributed by atoms with Crippen LogP contribution in [0.3, 0.4) is 0 Å². The molecule has 0 bridgehead atoms. The average Bonchev–Trinajstić information content (AvgIpc) is 2.16. The summed E-state index contributed by atoms with van der Waals surface area (Å²) in [5, 5.41) is 8.67. The van der Waals surface area contributed by atoms with E-state index >= 15 is 0 Å². The van der Waals surface area contributed by atoms with Crippen LogP contribution in [-0.4, -0.2) is 0 Å². The van der Waals surface area contributed by atoms with Crippen LogP contribution in [0.1, 0.15) is 17.2 Å². The number of nitrogens with two attached hydrogens (primary N) is 1. The van der Waals surface area contributed by atoms with Crippen molar-refractivity contribution in [2.75, 3.05) is 0 Å². The van der Waals surface area contributed by atoms with E-state index in [9.17, 15) is 0 Å².